The third-order valence-corrected chi connectivity index (χ3v) is 3.76. The predicted octanol–water partition coefficient (Wildman–Crippen LogP) is 3.11. The van der Waals surface area contributed by atoms with E-state index in [1.54, 1.807) is 11.0 Å². The highest BCUT2D eigenvalue weighted by atomic mass is 16.5. The third-order valence-electron chi connectivity index (χ3n) is 3.76. The van der Waals surface area contributed by atoms with Crippen LogP contribution in [-0.2, 0) is 4.79 Å². The van der Waals surface area contributed by atoms with Gasteiger partial charge in [-0.15, -0.1) is 0 Å². The van der Waals surface area contributed by atoms with Crippen molar-refractivity contribution in [2.45, 2.75) is 13.3 Å². The Bertz CT molecular complexity index is 753. The van der Waals surface area contributed by atoms with Gasteiger partial charge in [-0.2, -0.15) is 0 Å². The van der Waals surface area contributed by atoms with Gasteiger partial charge in [0.05, 0.1) is 5.69 Å². The number of rotatable bonds is 4. The number of carbonyl (C=O) groups is 1. The second-order valence-electron chi connectivity index (χ2n) is 5.59. The van der Waals surface area contributed by atoms with E-state index in [-0.39, 0.29) is 5.91 Å². The van der Waals surface area contributed by atoms with Gasteiger partial charge in [-0.05, 0) is 43.7 Å². The number of anilines is 1. The van der Waals surface area contributed by atoms with E-state index in [2.05, 4.69) is 0 Å². The summed E-state index contributed by atoms with van der Waals surface area (Å²) in [7, 11) is 0. The zero-order valence-electron chi connectivity index (χ0n) is 13.2. The van der Waals surface area contributed by atoms with Crippen molar-refractivity contribution in [2.75, 3.05) is 18.0 Å². The number of nitrogens with zero attached hydrogens (tertiary/aromatic N) is 1. The summed E-state index contributed by atoms with van der Waals surface area (Å²) in [6, 6.07) is 15.5. The van der Waals surface area contributed by atoms with Crippen molar-refractivity contribution in [2.24, 2.45) is 5.73 Å². The minimum absolute atomic E-state index is 0.126. The summed E-state index contributed by atoms with van der Waals surface area (Å²) in [5, 5.41) is 0. The number of benzene rings is 2. The van der Waals surface area contributed by atoms with Gasteiger partial charge in [0, 0.05) is 6.54 Å². The van der Waals surface area contributed by atoms with Gasteiger partial charge < -0.3 is 15.4 Å². The fourth-order valence-electron chi connectivity index (χ4n) is 2.64. The van der Waals surface area contributed by atoms with E-state index in [9.17, 15) is 4.79 Å². The molecule has 0 unspecified atom stereocenters. The molecule has 0 saturated carbocycles. The molecule has 23 heavy (non-hydrogen) atoms. The second kappa shape index (κ2) is 6.67. The van der Waals surface area contributed by atoms with E-state index in [1.807, 2.05) is 55.5 Å². The molecule has 0 aliphatic carbocycles. The van der Waals surface area contributed by atoms with Gasteiger partial charge in [-0.3, -0.25) is 4.79 Å². The highest BCUT2D eigenvalue weighted by Crippen LogP contribution is 2.35. The number of para-hydroxylation sites is 2. The Labute approximate surface area is 136 Å². The molecule has 1 aliphatic rings. The van der Waals surface area contributed by atoms with Crippen molar-refractivity contribution in [3.8, 4) is 5.75 Å². The smallest absolute Gasteiger partial charge is 0.294 e. The largest absolute Gasteiger partial charge is 0.449 e. The van der Waals surface area contributed by atoms with Crippen LogP contribution in [0.4, 0.5) is 5.69 Å². The molecule has 2 N–H and O–H groups in total. The van der Waals surface area contributed by atoms with Crippen molar-refractivity contribution in [1.82, 2.24) is 0 Å². The van der Waals surface area contributed by atoms with Gasteiger partial charge in [0.15, 0.2) is 11.5 Å². The standard InChI is InChI=1S/C19H20N2O2/c1-14-6-4-7-15(12-14)13-18-19(22)21(11-5-10-20)16-8-2-3-9-17(16)23-18/h2-4,6-9,12-13H,5,10-11,20H2,1H3/b18-13+. The lowest BCUT2D eigenvalue weighted by atomic mass is 10.1. The van der Waals surface area contributed by atoms with E-state index in [0.717, 1.165) is 23.2 Å². The van der Waals surface area contributed by atoms with Crippen molar-refractivity contribution in [1.29, 1.82) is 0 Å². The Morgan fingerprint density at radius 2 is 2.00 bits per heavy atom. The van der Waals surface area contributed by atoms with E-state index in [4.69, 9.17) is 10.5 Å². The van der Waals surface area contributed by atoms with Crippen molar-refractivity contribution >= 4 is 17.7 Å². The number of hydrogen-bond donors (Lipinski definition) is 1. The predicted molar refractivity (Wildman–Crippen MR) is 92.3 cm³/mol. The summed E-state index contributed by atoms with van der Waals surface area (Å²) in [5.41, 5.74) is 8.49. The van der Waals surface area contributed by atoms with Crippen LogP contribution in [0, 0.1) is 6.92 Å². The summed E-state index contributed by atoms with van der Waals surface area (Å²) in [6.45, 7) is 3.15. The molecule has 4 nitrogen and oxygen atoms in total. The second-order valence-corrected chi connectivity index (χ2v) is 5.59. The Morgan fingerprint density at radius 3 is 2.78 bits per heavy atom. The molecular weight excluding hydrogens is 288 g/mol. The number of carbonyl (C=O) groups excluding carboxylic acids is 1. The van der Waals surface area contributed by atoms with Crippen LogP contribution in [0.25, 0.3) is 6.08 Å². The lowest BCUT2D eigenvalue weighted by molar-refractivity contribution is -0.117. The molecule has 118 valence electrons. The van der Waals surface area contributed by atoms with E-state index < -0.39 is 0 Å². The molecule has 0 radical (unpaired) electrons. The highest BCUT2D eigenvalue weighted by molar-refractivity contribution is 6.09. The minimum atomic E-state index is -0.126. The molecular formula is C19H20N2O2. The topological polar surface area (TPSA) is 55.6 Å². The maximum Gasteiger partial charge on any atom is 0.294 e. The van der Waals surface area contributed by atoms with Gasteiger partial charge >= 0.3 is 0 Å². The molecule has 1 heterocycles. The molecule has 0 bridgehead atoms. The fourth-order valence-corrected chi connectivity index (χ4v) is 2.64. The van der Waals surface area contributed by atoms with Gasteiger partial charge in [0.25, 0.3) is 5.91 Å². The normalized spacial score (nSPS) is 15.5. The average Bonchev–Trinajstić information content (AvgIpc) is 2.55. The average molecular weight is 308 g/mol. The van der Waals surface area contributed by atoms with E-state index >= 15 is 0 Å². The van der Waals surface area contributed by atoms with Crippen LogP contribution in [0.15, 0.2) is 54.3 Å². The van der Waals surface area contributed by atoms with Gasteiger partial charge in [-0.25, -0.2) is 0 Å². The van der Waals surface area contributed by atoms with Crippen LogP contribution < -0.4 is 15.4 Å². The summed E-state index contributed by atoms with van der Waals surface area (Å²) in [4.78, 5) is 14.5. The summed E-state index contributed by atoms with van der Waals surface area (Å²) in [5.74, 6) is 0.910. The number of ether oxygens (including phenoxy) is 1. The molecule has 0 fully saturated rings. The molecule has 0 atom stereocenters. The van der Waals surface area contributed by atoms with Crippen molar-refractivity contribution < 1.29 is 9.53 Å². The molecule has 0 spiro atoms. The number of nitrogens with two attached hydrogens (primary N) is 1. The molecule has 0 saturated heterocycles. The maximum atomic E-state index is 12.8. The number of aryl methyl sites for hydroxylation is 1. The van der Waals surface area contributed by atoms with Gasteiger partial charge in [0.1, 0.15) is 0 Å². The monoisotopic (exact) mass is 308 g/mol. The Kier molecular flexibility index (Phi) is 4.44. The lowest BCUT2D eigenvalue weighted by Crippen LogP contribution is -2.38. The van der Waals surface area contributed by atoms with Crippen molar-refractivity contribution in [3.63, 3.8) is 0 Å². The van der Waals surface area contributed by atoms with Gasteiger partial charge in [0.2, 0.25) is 0 Å². The molecule has 1 aliphatic heterocycles. The van der Waals surface area contributed by atoms with E-state index in [1.165, 1.54) is 0 Å². The number of fused-ring (bicyclic) bond motifs is 1. The zero-order valence-corrected chi connectivity index (χ0v) is 13.2. The van der Waals surface area contributed by atoms with E-state index in [0.29, 0.717) is 24.6 Å². The first-order chi connectivity index (χ1) is 11.2. The fraction of sp³-hybridized carbons (Fsp3) is 0.211. The lowest BCUT2D eigenvalue weighted by Gasteiger charge is -2.30. The van der Waals surface area contributed by atoms with Crippen LogP contribution >= 0.6 is 0 Å². The number of amides is 1. The third kappa shape index (κ3) is 3.27. The molecule has 3 rings (SSSR count). The Hall–Kier alpha value is -2.59. The van der Waals surface area contributed by atoms with Crippen LogP contribution in [0.3, 0.4) is 0 Å². The Morgan fingerprint density at radius 1 is 1.17 bits per heavy atom. The molecule has 0 aromatic heterocycles. The highest BCUT2D eigenvalue weighted by Gasteiger charge is 2.29. The molecule has 4 heteroatoms. The zero-order chi connectivity index (χ0) is 16.2. The first-order valence-corrected chi connectivity index (χ1v) is 7.76. The molecule has 2 aromatic rings. The Balaban J connectivity index is 1.98. The summed E-state index contributed by atoms with van der Waals surface area (Å²) >= 11 is 0. The molecule has 2 aromatic carbocycles. The van der Waals surface area contributed by atoms with Crippen LogP contribution in [-0.4, -0.2) is 19.0 Å². The van der Waals surface area contributed by atoms with Crippen LogP contribution in [0.5, 0.6) is 5.75 Å². The number of hydrogen-bond acceptors (Lipinski definition) is 3. The quantitative estimate of drug-likeness (QED) is 0.883. The maximum absolute atomic E-state index is 12.8. The molecule has 1 amide bonds. The first-order valence-electron chi connectivity index (χ1n) is 7.76. The summed E-state index contributed by atoms with van der Waals surface area (Å²) < 4.78 is 5.84. The van der Waals surface area contributed by atoms with Crippen LogP contribution in [0.2, 0.25) is 0 Å². The van der Waals surface area contributed by atoms with Gasteiger partial charge in [-0.1, -0.05) is 42.0 Å². The van der Waals surface area contributed by atoms with Crippen LogP contribution in [0.1, 0.15) is 17.5 Å². The SMILES string of the molecule is Cc1cccc(/C=C2/Oc3ccccc3N(CCCN)C2=O)c1. The first kappa shape index (κ1) is 15.3. The van der Waals surface area contributed by atoms with Crippen molar-refractivity contribution in [3.05, 3.63) is 65.4 Å². The summed E-state index contributed by atoms with van der Waals surface area (Å²) in [6.07, 6.45) is 2.54. The minimum Gasteiger partial charge on any atom is -0.449 e.